The highest BCUT2D eigenvalue weighted by molar-refractivity contribution is 9.10. The molecule has 18 heavy (non-hydrogen) atoms. The Morgan fingerprint density at radius 3 is 2.50 bits per heavy atom. The van der Waals surface area contributed by atoms with Crippen molar-refractivity contribution in [1.82, 2.24) is 0 Å². The monoisotopic (exact) mass is 330 g/mol. The predicted molar refractivity (Wildman–Crippen MR) is 70.6 cm³/mol. The lowest BCUT2D eigenvalue weighted by atomic mass is 10.2. The summed E-state index contributed by atoms with van der Waals surface area (Å²) in [4.78, 5) is 0.399. The average Bonchev–Trinajstić information content (AvgIpc) is 2.27. The largest absolute Gasteiger partial charge is 0.254 e. The third kappa shape index (κ3) is 3.46. The van der Waals surface area contributed by atoms with Gasteiger partial charge in [-0.25, -0.2) is 8.78 Å². The number of hydrogen-bond acceptors (Lipinski definition) is 1. The minimum atomic E-state index is -1.39. The van der Waals surface area contributed by atoms with E-state index in [9.17, 15) is 13.0 Å². The van der Waals surface area contributed by atoms with Crippen molar-refractivity contribution in [3.8, 4) is 0 Å². The van der Waals surface area contributed by atoms with Gasteiger partial charge in [-0.1, -0.05) is 22.0 Å². The van der Waals surface area contributed by atoms with Gasteiger partial charge in [-0.2, -0.15) is 0 Å². The van der Waals surface area contributed by atoms with Gasteiger partial charge in [0.2, 0.25) is 0 Å². The van der Waals surface area contributed by atoms with E-state index < -0.39 is 22.4 Å². The molecular weight excluding hydrogens is 322 g/mol. The molecule has 94 valence electrons. The number of rotatable bonds is 3. The zero-order valence-electron chi connectivity index (χ0n) is 9.20. The second-order valence-electron chi connectivity index (χ2n) is 3.72. The molecule has 0 aliphatic carbocycles. The van der Waals surface area contributed by atoms with Crippen LogP contribution in [0.2, 0.25) is 0 Å². The molecule has 0 aromatic heterocycles. The van der Waals surface area contributed by atoms with Gasteiger partial charge in [0.1, 0.15) is 11.6 Å². The van der Waals surface area contributed by atoms with E-state index in [2.05, 4.69) is 15.9 Å². The molecule has 2 aromatic carbocycles. The van der Waals surface area contributed by atoms with E-state index in [0.717, 1.165) is 0 Å². The van der Waals surface area contributed by atoms with Crippen LogP contribution < -0.4 is 0 Å². The molecule has 5 heteroatoms. The second kappa shape index (κ2) is 5.71. The molecule has 0 spiro atoms. The third-order valence-electron chi connectivity index (χ3n) is 2.28. The zero-order chi connectivity index (χ0) is 13.1. The summed E-state index contributed by atoms with van der Waals surface area (Å²) in [6, 6.07) is 9.96. The van der Waals surface area contributed by atoms with Gasteiger partial charge in [0.15, 0.2) is 0 Å². The minimum absolute atomic E-state index is 0.153. The van der Waals surface area contributed by atoms with Gasteiger partial charge >= 0.3 is 0 Å². The van der Waals surface area contributed by atoms with E-state index in [1.54, 1.807) is 12.1 Å². The van der Waals surface area contributed by atoms with Crippen LogP contribution >= 0.6 is 15.9 Å². The van der Waals surface area contributed by atoms with Gasteiger partial charge in [0.25, 0.3) is 0 Å². The highest BCUT2D eigenvalue weighted by atomic mass is 79.9. The molecule has 0 fully saturated rings. The molecule has 0 bridgehead atoms. The van der Waals surface area contributed by atoms with Crippen LogP contribution in [0.3, 0.4) is 0 Å². The van der Waals surface area contributed by atoms with Crippen LogP contribution in [0.1, 0.15) is 5.56 Å². The molecule has 2 aromatic rings. The fourth-order valence-corrected chi connectivity index (χ4v) is 3.16. The maximum Gasteiger partial charge on any atom is 0.124 e. The van der Waals surface area contributed by atoms with Crippen LogP contribution in [0.5, 0.6) is 0 Å². The Hall–Kier alpha value is -1.07. The summed E-state index contributed by atoms with van der Waals surface area (Å²) in [6.45, 7) is 0. The highest BCUT2D eigenvalue weighted by Crippen LogP contribution is 2.18. The molecule has 0 N–H and O–H groups in total. The molecule has 2 rings (SSSR count). The Morgan fingerprint density at radius 1 is 1.06 bits per heavy atom. The van der Waals surface area contributed by atoms with Crippen molar-refractivity contribution >= 4 is 26.7 Å². The molecule has 0 heterocycles. The van der Waals surface area contributed by atoms with Crippen molar-refractivity contribution in [2.45, 2.75) is 10.6 Å². The molecule has 0 saturated heterocycles. The fourth-order valence-electron chi connectivity index (χ4n) is 1.54. The maximum atomic E-state index is 13.2. The van der Waals surface area contributed by atoms with Crippen LogP contribution in [0.25, 0.3) is 0 Å². The summed E-state index contributed by atoms with van der Waals surface area (Å²) < 4.78 is 38.7. The molecule has 0 aliphatic heterocycles. The Bertz CT molecular complexity index is 581. The molecule has 1 unspecified atom stereocenters. The summed E-state index contributed by atoms with van der Waals surface area (Å²) in [5.74, 6) is -0.670. The van der Waals surface area contributed by atoms with Gasteiger partial charge < -0.3 is 0 Å². The molecule has 0 saturated carbocycles. The number of hydrogen-bond donors (Lipinski definition) is 0. The maximum absolute atomic E-state index is 13.2. The zero-order valence-corrected chi connectivity index (χ0v) is 11.6. The molecule has 0 amide bonds. The molecule has 1 nitrogen and oxygen atoms in total. The van der Waals surface area contributed by atoms with Gasteiger partial charge in [0.05, 0.1) is 16.6 Å². The van der Waals surface area contributed by atoms with Crippen LogP contribution in [-0.2, 0) is 16.6 Å². The average molecular weight is 331 g/mol. The lowest BCUT2D eigenvalue weighted by Gasteiger charge is -2.04. The van der Waals surface area contributed by atoms with Crippen molar-refractivity contribution in [3.63, 3.8) is 0 Å². The van der Waals surface area contributed by atoms with Crippen LogP contribution in [-0.4, -0.2) is 4.21 Å². The molecule has 0 aliphatic rings. The molecule has 1 atom stereocenters. The van der Waals surface area contributed by atoms with Crippen molar-refractivity contribution < 1.29 is 13.0 Å². The summed E-state index contributed by atoms with van der Waals surface area (Å²) in [5, 5.41) is 0. The third-order valence-corrected chi connectivity index (χ3v) is 4.11. The van der Waals surface area contributed by atoms with Gasteiger partial charge in [0, 0.05) is 9.37 Å². The fraction of sp³-hybridized carbons (Fsp3) is 0.0769. The Kier molecular flexibility index (Phi) is 4.24. The topological polar surface area (TPSA) is 17.1 Å². The van der Waals surface area contributed by atoms with Gasteiger partial charge in [-0.3, -0.25) is 4.21 Å². The second-order valence-corrected chi connectivity index (χ2v) is 6.09. The van der Waals surface area contributed by atoms with Crippen molar-refractivity contribution in [1.29, 1.82) is 0 Å². The lowest BCUT2D eigenvalue weighted by Crippen LogP contribution is -1.97. The van der Waals surface area contributed by atoms with Crippen molar-refractivity contribution in [3.05, 3.63) is 64.1 Å². The first kappa shape index (κ1) is 13.4. The van der Waals surface area contributed by atoms with Crippen LogP contribution in [0, 0.1) is 11.6 Å². The van der Waals surface area contributed by atoms with E-state index >= 15 is 0 Å². The standard InChI is InChI=1S/C13H9BrF2OS/c14-10-4-9(5-12(16)6-10)8-18(17)13-3-1-2-11(15)7-13/h1-7H,8H2. The molecular formula is C13H9BrF2OS. The van der Waals surface area contributed by atoms with Crippen molar-refractivity contribution in [2.75, 3.05) is 0 Å². The van der Waals surface area contributed by atoms with E-state index in [1.165, 1.54) is 30.3 Å². The predicted octanol–water partition coefficient (Wildman–Crippen LogP) is 4.04. The van der Waals surface area contributed by atoms with Crippen LogP contribution in [0.15, 0.2) is 51.8 Å². The minimum Gasteiger partial charge on any atom is -0.254 e. The first-order chi connectivity index (χ1) is 8.54. The van der Waals surface area contributed by atoms with E-state index in [0.29, 0.717) is 14.9 Å². The van der Waals surface area contributed by atoms with Gasteiger partial charge in [-0.05, 0) is 42.0 Å². The van der Waals surface area contributed by atoms with E-state index in [-0.39, 0.29) is 5.75 Å². The number of benzene rings is 2. The first-order valence-corrected chi connectivity index (χ1v) is 7.25. The van der Waals surface area contributed by atoms with Crippen molar-refractivity contribution in [2.24, 2.45) is 0 Å². The summed E-state index contributed by atoms with van der Waals surface area (Å²) in [7, 11) is -1.39. The lowest BCUT2D eigenvalue weighted by molar-refractivity contribution is 0.622. The quantitative estimate of drug-likeness (QED) is 0.830. The summed E-state index contributed by atoms with van der Waals surface area (Å²) in [6.07, 6.45) is 0. The molecule has 0 radical (unpaired) electrons. The Morgan fingerprint density at radius 2 is 1.83 bits per heavy atom. The van der Waals surface area contributed by atoms with E-state index in [1.807, 2.05) is 0 Å². The smallest absolute Gasteiger partial charge is 0.124 e. The van der Waals surface area contributed by atoms with Gasteiger partial charge in [-0.15, -0.1) is 0 Å². The van der Waals surface area contributed by atoms with E-state index in [4.69, 9.17) is 0 Å². The Labute approximate surface area is 114 Å². The number of halogens is 3. The first-order valence-electron chi connectivity index (χ1n) is 5.13. The summed E-state index contributed by atoms with van der Waals surface area (Å²) >= 11 is 3.17. The summed E-state index contributed by atoms with van der Waals surface area (Å²) in [5.41, 5.74) is 0.601. The van der Waals surface area contributed by atoms with Crippen LogP contribution in [0.4, 0.5) is 8.78 Å². The SMILES string of the molecule is O=S(Cc1cc(F)cc(Br)c1)c1cccc(F)c1. The normalized spacial score (nSPS) is 12.4. The Balaban J connectivity index is 2.21. The highest BCUT2D eigenvalue weighted by Gasteiger charge is 2.08.